The van der Waals surface area contributed by atoms with E-state index >= 15 is 0 Å². The number of hydrogen-bond donors (Lipinski definition) is 1. The van der Waals surface area contributed by atoms with Crippen LogP contribution >= 0.6 is 11.8 Å². The number of nitrogens with one attached hydrogen (secondary N) is 1. The maximum absolute atomic E-state index is 13.2. The van der Waals surface area contributed by atoms with Crippen molar-refractivity contribution in [2.24, 2.45) is 0 Å². The van der Waals surface area contributed by atoms with Crippen LogP contribution in [0.5, 0.6) is 0 Å². The second kappa shape index (κ2) is 15.3. The van der Waals surface area contributed by atoms with Crippen LogP contribution in [0.4, 0.5) is 14.4 Å². The number of likely N-dealkylation sites (tertiary alicyclic amines) is 1. The maximum atomic E-state index is 13.2. The zero-order valence-corrected chi connectivity index (χ0v) is 26.7. The maximum Gasteiger partial charge on any atom is 0.420 e. The molecule has 42 heavy (non-hydrogen) atoms. The summed E-state index contributed by atoms with van der Waals surface area (Å²) in [5.41, 5.74) is 0.667. The summed E-state index contributed by atoms with van der Waals surface area (Å²) < 4.78 is 20.9. The zero-order chi connectivity index (χ0) is 31.7. The number of rotatable bonds is 10. The fraction of sp³-hybridized carbons (Fsp3) is 0.600. The molecule has 0 aliphatic carbocycles. The van der Waals surface area contributed by atoms with Crippen LogP contribution in [0, 0.1) is 0 Å². The van der Waals surface area contributed by atoms with Crippen LogP contribution in [0.3, 0.4) is 0 Å². The SMILES string of the molecule is C=CCOC(=O)N(C(=O)OC)[C@H](C)S[C@H]1C[C@@H](c2ccc(CNCC(=O)OC(C)(C)C)cc2)N(C(=O)OC(C)(C)C)C1. The number of ether oxygens (including phenoxy) is 4. The molecule has 3 atom stereocenters. The van der Waals surface area contributed by atoms with Crippen LogP contribution in [0.25, 0.3) is 0 Å². The smallest absolute Gasteiger partial charge is 0.420 e. The van der Waals surface area contributed by atoms with Crippen LogP contribution in [-0.4, -0.2) is 82.7 Å². The highest BCUT2D eigenvalue weighted by Crippen LogP contribution is 2.40. The number of carbonyl (C=O) groups excluding carboxylic acids is 4. The van der Waals surface area contributed by atoms with Crippen molar-refractivity contribution in [2.45, 2.75) is 89.3 Å². The first-order chi connectivity index (χ1) is 19.5. The molecule has 0 spiro atoms. The third kappa shape index (κ3) is 11.2. The molecule has 1 N–H and O–H groups in total. The van der Waals surface area contributed by atoms with Crippen molar-refractivity contribution in [3.05, 3.63) is 48.0 Å². The van der Waals surface area contributed by atoms with E-state index in [1.807, 2.05) is 65.8 Å². The van der Waals surface area contributed by atoms with Crippen LogP contribution in [-0.2, 0) is 30.3 Å². The van der Waals surface area contributed by atoms with E-state index < -0.39 is 34.9 Å². The number of thioether (sulfide) groups is 1. The Bertz CT molecular complexity index is 1100. The van der Waals surface area contributed by atoms with Gasteiger partial charge in [0.25, 0.3) is 0 Å². The van der Waals surface area contributed by atoms with Gasteiger partial charge in [-0.15, -0.1) is 11.8 Å². The predicted molar refractivity (Wildman–Crippen MR) is 161 cm³/mol. The number of methoxy groups -OCH3 is 1. The minimum Gasteiger partial charge on any atom is -0.459 e. The molecule has 1 aliphatic rings. The van der Waals surface area contributed by atoms with E-state index in [-0.39, 0.29) is 30.4 Å². The molecule has 1 heterocycles. The Hall–Kier alpha value is -3.25. The van der Waals surface area contributed by atoms with Crippen molar-refractivity contribution >= 4 is 36.0 Å². The van der Waals surface area contributed by atoms with Gasteiger partial charge in [0.1, 0.15) is 17.8 Å². The third-order valence-electron chi connectivity index (χ3n) is 5.92. The standard InChI is InChI=1S/C30H45N3O8S/c1-10-15-39-28(37)33(27(36)38-9)20(2)42-23-16-24(32(19-23)26(35)41-30(6,7)8)22-13-11-21(12-14-22)17-31-18-25(34)40-29(3,4)5/h10-14,20,23-24,31H,1,15-19H2,2-9H3/t20-,23-,24-/m0/s1. The van der Waals surface area contributed by atoms with Crippen molar-refractivity contribution in [1.29, 1.82) is 0 Å². The largest absolute Gasteiger partial charge is 0.459 e. The summed E-state index contributed by atoms with van der Waals surface area (Å²) in [6.07, 6.45) is -0.133. The van der Waals surface area contributed by atoms with E-state index in [2.05, 4.69) is 11.9 Å². The van der Waals surface area contributed by atoms with Gasteiger partial charge in [0.05, 0.1) is 25.1 Å². The summed E-state index contributed by atoms with van der Waals surface area (Å²) in [6.45, 7) is 17.0. The molecule has 2 rings (SSSR count). The number of benzene rings is 1. The molecule has 1 aromatic rings. The molecule has 0 aromatic heterocycles. The third-order valence-corrected chi connectivity index (χ3v) is 7.25. The first-order valence-corrected chi connectivity index (χ1v) is 14.8. The lowest BCUT2D eigenvalue weighted by Gasteiger charge is -2.29. The molecule has 1 saturated heterocycles. The average molecular weight is 608 g/mol. The fourth-order valence-electron chi connectivity index (χ4n) is 4.29. The summed E-state index contributed by atoms with van der Waals surface area (Å²) in [5, 5.41) is 2.35. The Morgan fingerprint density at radius 2 is 1.69 bits per heavy atom. The van der Waals surface area contributed by atoms with E-state index in [0.29, 0.717) is 19.5 Å². The molecule has 234 valence electrons. The lowest BCUT2D eigenvalue weighted by Crippen LogP contribution is -2.43. The molecule has 0 unspecified atom stereocenters. The zero-order valence-electron chi connectivity index (χ0n) is 25.9. The molecule has 0 radical (unpaired) electrons. The average Bonchev–Trinajstić information content (AvgIpc) is 3.29. The van der Waals surface area contributed by atoms with E-state index in [0.717, 1.165) is 16.0 Å². The number of imide groups is 1. The number of esters is 1. The lowest BCUT2D eigenvalue weighted by atomic mass is 10.0. The van der Waals surface area contributed by atoms with Crippen LogP contribution in [0.15, 0.2) is 36.9 Å². The van der Waals surface area contributed by atoms with Crippen molar-refractivity contribution in [3.63, 3.8) is 0 Å². The molecule has 1 fully saturated rings. The number of carbonyl (C=O) groups is 4. The van der Waals surface area contributed by atoms with Gasteiger partial charge in [-0.2, -0.15) is 4.90 Å². The van der Waals surface area contributed by atoms with Gasteiger partial charge in [-0.25, -0.2) is 14.4 Å². The van der Waals surface area contributed by atoms with Gasteiger partial charge in [0, 0.05) is 18.3 Å². The summed E-state index contributed by atoms with van der Waals surface area (Å²) in [4.78, 5) is 52.8. The van der Waals surface area contributed by atoms with E-state index in [9.17, 15) is 19.2 Å². The van der Waals surface area contributed by atoms with Gasteiger partial charge in [-0.05, 0) is 66.0 Å². The van der Waals surface area contributed by atoms with E-state index in [1.54, 1.807) is 11.8 Å². The molecule has 1 aromatic carbocycles. The minimum absolute atomic E-state index is 0.0475. The fourth-order valence-corrected chi connectivity index (χ4v) is 5.68. The normalized spacial score (nSPS) is 17.7. The summed E-state index contributed by atoms with van der Waals surface area (Å²) in [6, 6.07) is 7.52. The summed E-state index contributed by atoms with van der Waals surface area (Å²) in [7, 11) is 1.19. The summed E-state index contributed by atoms with van der Waals surface area (Å²) in [5.74, 6) is -0.324. The number of hydrogen-bond acceptors (Lipinski definition) is 10. The Morgan fingerprint density at radius 1 is 1.07 bits per heavy atom. The second-order valence-electron chi connectivity index (χ2n) is 11.9. The highest BCUT2D eigenvalue weighted by Gasteiger charge is 2.41. The van der Waals surface area contributed by atoms with Gasteiger partial charge in [0.15, 0.2) is 0 Å². The van der Waals surface area contributed by atoms with Gasteiger partial charge < -0.3 is 29.2 Å². The topological polar surface area (TPSA) is 124 Å². The molecular weight excluding hydrogens is 562 g/mol. The van der Waals surface area contributed by atoms with Crippen molar-refractivity contribution in [2.75, 3.05) is 26.8 Å². The Balaban J connectivity index is 2.16. The first-order valence-electron chi connectivity index (χ1n) is 13.9. The Labute approximate surface area is 253 Å². The molecule has 1 aliphatic heterocycles. The van der Waals surface area contributed by atoms with E-state index in [4.69, 9.17) is 18.9 Å². The quantitative estimate of drug-likeness (QED) is 0.155. The minimum atomic E-state index is -0.837. The predicted octanol–water partition coefficient (Wildman–Crippen LogP) is 5.64. The highest BCUT2D eigenvalue weighted by atomic mass is 32.2. The van der Waals surface area contributed by atoms with Crippen molar-refractivity contribution < 1.29 is 38.1 Å². The van der Waals surface area contributed by atoms with Crippen molar-refractivity contribution in [1.82, 2.24) is 15.1 Å². The van der Waals surface area contributed by atoms with E-state index in [1.165, 1.54) is 24.9 Å². The Kier molecular flexibility index (Phi) is 12.7. The molecule has 11 nitrogen and oxygen atoms in total. The molecular formula is C30H45N3O8S. The van der Waals surface area contributed by atoms with Crippen molar-refractivity contribution in [3.8, 4) is 0 Å². The molecule has 0 bridgehead atoms. The van der Waals surface area contributed by atoms with Crippen LogP contribution in [0.2, 0.25) is 0 Å². The van der Waals surface area contributed by atoms with Crippen LogP contribution < -0.4 is 5.32 Å². The molecule has 12 heteroatoms. The van der Waals surface area contributed by atoms with Gasteiger partial charge >= 0.3 is 24.2 Å². The van der Waals surface area contributed by atoms with Gasteiger partial charge in [-0.1, -0.05) is 36.9 Å². The lowest BCUT2D eigenvalue weighted by molar-refractivity contribution is -0.153. The van der Waals surface area contributed by atoms with Gasteiger partial charge in [0.2, 0.25) is 0 Å². The molecule has 0 saturated carbocycles. The number of nitrogens with zero attached hydrogens (tertiary/aromatic N) is 2. The highest BCUT2D eigenvalue weighted by molar-refractivity contribution is 8.00. The monoisotopic (exact) mass is 607 g/mol. The van der Waals surface area contributed by atoms with Gasteiger partial charge in [-0.3, -0.25) is 4.79 Å². The first kappa shape index (κ1) is 34.9. The second-order valence-corrected chi connectivity index (χ2v) is 13.5. The Morgan fingerprint density at radius 3 is 2.24 bits per heavy atom. The number of amides is 3. The molecule has 3 amide bonds. The summed E-state index contributed by atoms with van der Waals surface area (Å²) >= 11 is 1.37. The van der Waals surface area contributed by atoms with Crippen LogP contribution in [0.1, 0.15) is 72.1 Å².